The maximum absolute atomic E-state index is 12.6. The number of allylic oxidation sites excluding steroid dienone is 14. The van der Waals surface area contributed by atoms with Crippen LogP contribution in [0.3, 0.4) is 0 Å². The quantitative estimate of drug-likeness (QED) is 0.0253. The molecule has 0 spiro atoms. The third kappa shape index (κ3) is 30.6. The number of esters is 2. The van der Waals surface area contributed by atoms with E-state index in [1.54, 1.807) is 0 Å². The number of carbonyl (C=O) groups is 3. The molecule has 8 heteroatoms. The first-order valence-electron chi connectivity index (χ1n) is 18.7. The second kappa shape index (κ2) is 32.7. The summed E-state index contributed by atoms with van der Waals surface area (Å²) in [7, 11) is 5.47. The van der Waals surface area contributed by atoms with E-state index >= 15 is 0 Å². The van der Waals surface area contributed by atoms with Gasteiger partial charge in [0.05, 0.1) is 34.4 Å². The summed E-state index contributed by atoms with van der Waals surface area (Å²) in [4.78, 5) is 36.7. The molecule has 0 bridgehead atoms. The van der Waals surface area contributed by atoms with Crippen molar-refractivity contribution in [3.05, 3.63) is 85.1 Å². The molecular weight excluding hydrogens is 630 g/mol. The van der Waals surface area contributed by atoms with E-state index in [2.05, 4.69) is 38.2 Å². The molecule has 0 aromatic carbocycles. The standard InChI is InChI=1S/C42H67NO7/c1-6-8-10-12-14-16-17-18-19-20-21-22-23-25-26-28-30-32-40(44)49-37-38(36-48-35-34-39(42(46)47)43(3,4)5)50-41(45)33-31-29-27-24-15-13-11-9-7-2/h8,10,12,14,16-24,27,38-39H,6-7,9,11,13,15,25-26,28-37H2,1-5H3/p+1/b10-8+,14-12+,17-16+,19-18+,21-20+,23-22+,27-24+. The van der Waals surface area contributed by atoms with Crippen LogP contribution >= 0.6 is 0 Å². The number of likely N-dealkylation sites (N-methyl/N-ethyl adjacent to an activating group) is 1. The molecule has 0 aliphatic heterocycles. The van der Waals surface area contributed by atoms with Crippen LogP contribution in [0.15, 0.2) is 85.1 Å². The van der Waals surface area contributed by atoms with Gasteiger partial charge in [0.2, 0.25) is 0 Å². The van der Waals surface area contributed by atoms with E-state index in [9.17, 15) is 19.5 Å². The number of carboxylic acids is 1. The Morgan fingerprint density at radius 3 is 1.74 bits per heavy atom. The average Bonchev–Trinajstić information content (AvgIpc) is 3.06. The van der Waals surface area contributed by atoms with Crippen LogP contribution in [-0.4, -0.2) is 80.6 Å². The fourth-order valence-electron chi connectivity index (χ4n) is 4.77. The minimum Gasteiger partial charge on any atom is -0.477 e. The lowest BCUT2D eigenvalue weighted by Crippen LogP contribution is -2.50. The molecule has 2 unspecified atom stereocenters. The van der Waals surface area contributed by atoms with E-state index in [0.717, 1.165) is 44.9 Å². The molecule has 0 aromatic rings. The van der Waals surface area contributed by atoms with Gasteiger partial charge in [-0.25, -0.2) is 4.79 Å². The summed E-state index contributed by atoms with van der Waals surface area (Å²) in [6.07, 6.45) is 40.7. The highest BCUT2D eigenvalue weighted by Crippen LogP contribution is 2.11. The van der Waals surface area contributed by atoms with Crippen molar-refractivity contribution in [2.45, 2.75) is 122 Å². The Bertz CT molecular complexity index is 1090. The highest BCUT2D eigenvalue weighted by atomic mass is 16.6. The first-order valence-corrected chi connectivity index (χ1v) is 18.7. The summed E-state index contributed by atoms with van der Waals surface area (Å²) in [5.41, 5.74) is 0. The SMILES string of the molecule is CC/C=C/C=C/C=C/C=C/C=C/C=C/CCCCCC(=O)OCC(COCCC(C(=O)O)[N+](C)(C)C)OC(=O)CCC/C=C/CCCCCC. The predicted octanol–water partition coefficient (Wildman–Crippen LogP) is 9.40. The van der Waals surface area contributed by atoms with Gasteiger partial charge in [0.25, 0.3) is 0 Å². The monoisotopic (exact) mass is 698 g/mol. The average molecular weight is 699 g/mol. The van der Waals surface area contributed by atoms with Crippen LogP contribution in [0, 0.1) is 0 Å². The Morgan fingerprint density at radius 1 is 0.620 bits per heavy atom. The summed E-state index contributed by atoms with van der Waals surface area (Å²) in [5.74, 6) is -1.59. The number of unbranched alkanes of at least 4 members (excludes halogenated alkanes) is 8. The van der Waals surface area contributed by atoms with Crippen molar-refractivity contribution < 1.29 is 38.2 Å². The molecule has 282 valence electrons. The van der Waals surface area contributed by atoms with Crippen LogP contribution in [0.5, 0.6) is 0 Å². The molecular formula is C42H68NO7+. The first-order chi connectivity index (χ1) is 24.1. The number of hydrogen-bond donors (Lipinski definition) is 1. The fourth-order valence-corrected chi connectivity index (χ4v) is 4.77. The van der Waals surface area contributed by atoms with Crippen LogP contribution in [0.4, 0.5) is 0 Å². The number of nitrogens with zero attached hydrogens (tertiary/aromatic N) is 1. The number of hydrogen-bond acceptors (Lipinski definition) is 6. The van der Waals surface area contributed by atoms with Gasteiger partial charge in [-0.3, -0.25) is 9.59 Å². The lowest BCUT2D eigenvalue weighted by molar-refractivity contribution is -0.887. The molecule has 0 aromatic heterocycles. The molecule has 0 aliphatic carbocycles. The van der Waals surface area contributed by atoms with Crippen molar-refractivity contribution in [1.82, 2.24) is 0 Å². The molecule has 2 atom stereocenters. The molecule has 1 N–H and O–H groups in total. The molecule has 0 fully saturated rings. The Morgan fingerprint density at radius 2 is 1.16 bits per heavy atom. The van der Waals surface area contributed by atoms with E-state index < -0.39 is 18.1 Å². The number of aliphatic carboxylic acids is 1. The van der Waals surface area contributed by atoms with Gasteiger partial charge >= 0.3 is 17.9 Å². The van der Waals surface area contributed by atoms with Gasteiger partial charge in [0.1, 0.15) is 6.61 Å². The molecule has 50 heavy (non-hydrogen) atoms. The topological polar surface area (TPSA) is 99.1 Å². The van der Waals surface area contributed by atoms with E-state index in [0.29, 0.717) is 19.3 Å². The van der Waals surface area contributed by atoms with Crippen molar-refractivity contribution in [1.29, 1.82) is 0 Å². The van der Waals surface area contributed by atoms with Crippen molar-refractivity contribution in [3.8, 4) is 0 Å². The summed E-state index contributed by atoms with van der Waals surface area (Å²) in [6.45, 7) is 4.43. The van der Waals surface area contributed by atoms with Crippen molar-refractivity contribution in [2.24, 2.45) is 0 Å². The number of carbonyl (C=O) groups excluding carboxylic acids is 2. The Kier molecular flexibility index (Phi) is 30.4. The molecule has 0 radical (unpaired) electrons. The van der Waals surface area contributed by atoms with Crippen LogP contribution in [0.1, 0.15) is 110 Å². The van der Waals surface area contributed by atoms with Crippen LogP contribution in [0.25, 0.3) is 0 Å². The number of carboxylic acid groups (broad SMARTS) is 1. The lowest BCUT2D eigenvalue weighted by atomic mass is 10.1. The van der Waals surface area contributed by atoms with Gasteiger partial charge in [-0.2, -0.15) is 0 Å². The molecule has 0 aliphatic rings. The molecule has 0 saturated carbocycles. The van der Waals surface area contributed by atoms with Crippen LogP contribution < -0.4 is 0 Å². The van der Waals surface area contributed by atoms with Crippen molar-refractivity contribution in [3.63, 3.8) is 0 Å². The van der Waals surface area contributed by atoms with Crippen molar-refractivity contribution >= 4 is 17.9 Å². The van der Waals surface area contributed by atoms with E-state index in [1.165, 1.54) is 25.7 Å². The highest BCUT2D eigenvalue weighted by Gasteiger charge is 2.31. The zero-order valence-corrected chi connectivity index (χ0v) is 31.8. The van der Waals surface area contributed by atoms with Gasteiger partial charge in [-0.15, -0.1) is 0 Å². The highest BCUT2D eigenvalue weighted by molar-refractivity contribution is 5.72. The van der Waals surface area contributed by atoms with Crippen LogP contribution in [0.2, 0.25) is 0 Å². The zero-order valence-electron chi connectivity index (χ0n) is 31.8. The van der Waals surface area contributed by atoms with Crippen molar-refractivity contribution in [2.75, 3.05) is 41.0 Å². The summed E-state index contributed by atoms with van der Waals surface area (Å²) >= 11 is 0. The van der Waals surface area contributed by atoms with Gasteiger partial charge in [0.15, 0.2) is 12.1 Å². The lowest BCUT2D eigenvalue weighted by Gasteiger charge is -2.31. The number of quaternary nitrogens is 1. The minimum absolute atomic E-state index is 0.0295. The largest absolute Gasteiger partial charge is 0.477 e. The number of rotatable bonds is 31. The van der Waals surface area contributed by atoms with E-state index in [1.807, 2.05) is 81.9 Å². The normalized spacial score (nSPS) is 14.0. The predicted molar refractivity (Wildman–Crippen MR) is 206 cm³/mol. The van der Waals surface area contributed by atoms with Crippen LogP contribution in [-0.2, 0) is 28.6 Å². The summed E-state index contributed by atoms with van der Waals surface area (Å²) in [6, 6.07) is -0.629. The molecule has 0 heterocycles. The molecule has 8 nitrogen and oxygen atoms in total. The molecule has 0 saturated heterocycles. The minimum atomic E-state index is -0.892. The Labute approximate surface area is 303 Å². The summed E-state index contributed by atoms with van der Waals surface area (Å²) in [5, 5.41) is 9.57. The smallest absolute Gasteiger partial charge is 0.362 e. The Balaban J connectivity index is 4.55. The third-order valence-electron chi connectivity index (χ3n) is 7.69. The number of ether oxygens (including phenoxy) is 3. The maximum atomic E-state index is 12.6. The zero-order chi connectivity index (χ0) is 37.1. The fraction of sp³-hybridized carbons (Fsp3) is 0.595. The Hall–Kier alpha value is -3.49. The van der Waals surface area contributed by atoms with Gasteiger partial charge in [-0.05, 0) is 51.4 Å². The summed E-state index contributed by atoms with van der Waals surface area (Å²) < 4.78 is 17.1. The second-order valence-corrected chi connectivity index (χ2v) is 13.2. The van der Waals surface area contributed by atoms with Gasteiger partial charge < -0.3 is 23.8 Å². The molecule has 0 rings (SSSR count). The molecule has 0 amide bonds. The van der Waals surface area contributed by atoms with E-state index in [-0.39, 0.29) is 42.7 Å². The second-order valence-electron chi connectivity index (χ2n) is 13.2. The third-order valence-corrected chi connectivity index (χ3v) is 7.69. The van der Waals surface area contributed by atoms with Gasteiger partial charge in [0, 0.05) is 19.3 Å². The first kappa shape index (κ1) is 46.5. The maximum Gasteiger partial charge on any atom is 0.362 e. The van der Waals surface area contributed by atoms with E-state index in [4.69, 9.17) is 14.2 Å². The van der Waals surface area contributed by atoms with Gasteiger partial charge in [-0.1, -0.05) is 125 Å².